The van der Waals surface area contributed by atoms with E-state index in [-0.39, 0.29) is 36.6 Å². The van der Waals surface area contributed by atoms with Gasteiger partial charge in [-0.05, 0) is 6.92 Å². The van der Waals surface area contributed by atoms with Crippen LogP contribution >= 0.6 is 24.8 Å². The standard InChI is InChI=1S/C12H25N3O2.2ClH/c1-10(8-13)12(16)15-5-4-14(6-7-17-3)11(2)9-15;;/h10-11H,4-9,13H2,1-3H3;2*1H. The van der Waals surface area contributed by atoms with Gasteiger partial charge in [0.1, 0.15) is 0 Å². The number of rotatable bonds is 5. The van der Waals surface area contributed by atoms with Gasteiger partial charge in [0.15, 0.2) is 0 Å². The lowest BCUT2D eigenvalue weighted by Crippen LogP contribution is -2.55. The summed E-state index contributed by atoms with van der Waals surface area (Å²) < 4.78 is 5.08. The SMILES string of the molecule is COCCN1CCN(C(=O)C(C)CN)CC1C.Cl.Cl. The first-order valence-corrected chi connectivity index (χ1v) is 6.32. The van der Waals surface area contributed by atoms with Gasteiger partial charge in [-0.1, -0.05) is 6.92 Å². The number of methoxy groups -OCH3 is 1. The second-order valence-corrected chi connectivity index (χ2v) is 4.80. The Morgan fingerprint density at radius 2 is 2.05 bits per heavy atom. The van der Waals surface area contributed by atoms with Crippen molar-refractivity contribution < 1.29 is 9.53 Å². The second-order valence-electron chi connectivity index (χ2n) is 4.80. The predicted molar refractivity (Wildman–Crippen MR) is 82.2 cm³/mol. The molecule has 0 radical (unpaired) electrons. The van der Waals surface area contributed by atoms with Gasteiger partial charge in [0.25, 0.3) is 0 Å². The molecule has 1 aliphatic rings. The smallest absolute Gasteiger partial charge is 0.226 e. The molecule has 0 bridgehead atoms. The summed E-state index contributed by atoms with van der Waals surface area (Å²) in [5, 5.41) is 0. The third-order valence-corrected chi connectivity index (χ3v) is 3.43. The predicted octanol–water partition coefficient (Wildman–Crippen LogP) is 0.604. The number of ether oxygens (including phenoxy) is 1. The molecule has 116 valence electrons. The third-order valence-electron chi connectivity index (χ3n) is 3.43. The molecule has 1 rings (SSSR count). The largest absolute Gasteiger partial charge is 0.383 e. The molecule has 2 unspecified atom stereocenters. The molecule has 0 aromatic heterocycles. The Bertz CT molecular complexity index is 257. The number of hydrogen-bond donors (Lipinski definition) is 1. The molecule has 0 aromatic carbocycles. The van der Waals surface area contributed by atoms with E-state index >= 15 is 0 Å². The number of carbonyl (C=O) groups is 1. The Balaban J connectivity index is 0. The molecule has 1 heterocycles. The summed E-state index contributed by atoms with van der Waals surface area (Å²) in [5.41, 5.74) is 5.53. The van der Waals surface area contributed by atoms with Crippen LogP contribution < -0.4 is 5.73 Å². The molecule has 1 fully saturated rings. The number of hydrogen-bond acceptors (Lipinski definition) is 4. The Hall–Kier alpha value is -0.0700. The van der Waals surface area contributed by atoms with Crippen LogP contribution in [0.5, 0.6) is 0 Å². The molecule has 5 nitrogen and oxygen atoms in total. The molecular formula is C12H27Cl2N3O2. The second kappa shape index (κ2) is 10.7. The van der Waals surface area contributed by atoms with Crippen LogP contribution in [-0.4, -0.2) is 68.2 Å². The molecular weight excluding hydrogens is 289 g/mol. The van der Waals surface area contributed by atoms with Gasteiger partial charge in [-0.2, -0.15) is 0 Å². The van der Waals surface area contributed by atoms with Crippen LogP contribution in [0, 0.1) is 5.92 Å². The lowest BCUT2D eigenvalue weighted by atomic mass is 10.1. The minimum atomic E-state index is -0.0623. The summed E-state index contributed by atoms with van der Waals surface area (Å²) in [6.07, 6.45) is 0. The zero-order valence-corrected chi connectivity index (χ0v) is 13.6. The molecule has 0 aliphatic carbocycles. The van der Waals surface area contributed by atoms with Crippen molar-refractivity contribution in [2.75, 3.05) is 46.4 Å². The van der Waals surface area contributed by atoms with Crippen molar-refractivity contribution in [3.05, 3.63) is 0 Å². The number of nitrogens with zero attached hydrogens (tertiary/aromatic N) is 2. The molecule has 0 spiro atoms. The van der Waals surface area contributed by atoms with Crippen molar-refractivity contribution >= 4 is 30.7 Å². The highest BCUT2D eigenvalue weighted by atomic mass is 35.5. The lowest BCUT2D eigenvalue weighted by Gasteiger charge is -2.40. The van der Waals surface area contributed by atoms with Crippen LogP contribution in [0.4, 0.5) is 0 Å². The fraction of sp³-hybridized carbons (Fsp3) is 0.917. The maximum absolute atomic E-state index is 12.0. The zero-order valence-electron chi connectivity index (χ0n) is 12.0. The number of carbonyl (C=O) groups excluding carboxylic acids is 1. The molecule has 2 atom stereocenters. The van der Waals surface area contributed by atoms with Crippen molar-refractivity contribution in [3.8, 4) is 0 Å². The molecule has 19 heavy (non-hydrogen) atoms. The summed E-state index contributed by atoms with van der Waals surface area (Å²) >= 11 is 0. The minimum absolute atomic E-state index is 0. The Morgan fingerprint density at radius 3 is 2.53 bits per heavy atom. The van der Waals surface area contributed by atoms with Gasteiger partial charge in [0.2, 0.25) is 5.91 Å². The van der Waals surface area contributed by atoms with E-state index in [9.17, 15) is 4.79 Å². The number of piperazine rings is 1. The molecule has 0 saturated carbocycles. The molecule has 7 heteroatoms. The lowest BCUT2D eigenvalue weighted by molar-refractivity contribution is -0.137. The van der Waals surface area contributed by atoms with Gasteiger partial charge in [-0.3, -0.25) is 9.69 Å². The van der Waals surface area contributed by atoms with Crippen LogP contribution in [-0.2, 0) is 9.53 Å². The Labute approximate surface area is 128 Å². The Morgan fingerprint density at radius 1 is 1.42 bits per heavy atom. The van der Waals surface area contributed by atoms with Crippen molar-refractivity contribution in [2.24, 2.45) is 11.7 Å². The fourth-order valence-corrected chi connectivity index (χ4v) is 2.15. The van der Waals surface area contributed by atoms with E-state index in [0.717, 1.165) is 32.8 Å². The van der Waals surface area contributed by atoms with E-state index in [0.29, 0.717) is 12.6 Å². The monoisotopic (exact) mass is 315 g/mol. The van der Waals surface area contributed by atoms with E-state index in [1.54, 1.807) is 7.11 Å². The minimum Gasteiger partial charge on any atom is -0.383 e. The molecule has 1 saturated heterocycles. The van der Waals surface area contributed by atoms with E-state index < -0.39 is 0 Å². The number of amides is 1. The summed E-state index contributed by atoms with van der Waals surface area (Å²) in [5.74, 6) is 0.124. The summed E-state index contributed by atoms with van der Waals surface area (Å²) in [7, 11) is 1.72. The van der Waals surface area contributed by atoms with Crippen LogP contribution in [0.1, 0.15) is 13.8 Å². The maximum atomic E-state index is 12.0. The van der Waals surface area contributed by atoms with Crippen molar-refractivity contribution in [3.63, 3.8) is 0 Å². The van der Waals surface area contributed by atoms with Crippen molar-refractivity contribution in [1.29, 1.82) is 0 Å². The average molecular weight is 316 g/mol. The highest BCUT2D eigenvalue weighted by Crippen LogP contribution is 2.11. The first kappa shape index (κ1) is 21.2. The Kier molecular flexibility index (Phi) is 11.9. The van der Waals surface area contributed by atoms with E-state index in [1.807, 2.05) is 11.8 Å². The van der Waals surface area contributed by atoms with Crippen LogP contribution in [0.3, 0.4) is 0 Å². The summed E-state index contributed by atoms with van der Waals surface area (Å²) in [6, 6.07) is 0.396. The molecule has 1 amide bonds. The third kappa shape index (κ3) is 6.27. The van der Waals surface area contributed by atoms with Gasteiger partial charge in [-0.25, -0.2) is 0 Å². The van der Waals surface area contributed by atoms with Gasteiger partial charge in [0, 0.05) is 51.8 Å². The normalized spacial score (nSPS) is 21.3. The van der Waals surface area contributed by atoms with Crippen molar-refractivity contribution in [1.82, 2.24) is 9.80 Å². The average Bonchev–Trinajstić information content (AvgIpc) is 2.35. The summed E-state index contributed by atoms with van der Waals surface area (Å²) in [4.78, 5) is 16.3. The molecule has 2 N–H and O–H groups in total. The quantitative estimate of drug-likeness (QED) is 0.807. The van der Waals surface area contributed by atoms with E-state index in [1.165, 1.54) is 0 Å². The van der Waals surface area contributed by atoms with Crippen LogP contribution in [0.2, 0.25) is 0 Å². The van der Waals surface area contributed by atoms with E-state index in [2.05, 4.69) is 11.8 Å². The highest BCUT2D eigenvalue weighted by molar-refractivity contribution is 5.85. The first-order chi connectivity index (χ1) is 8.10. The zero-order chi connectivity index (χ0) is 12.8. The van der Waals surface area contributed by atoms with Gasteiger partial charge in [-0.15, -0.1) is 24.8 Å². The summed E-state index contributed by atoms with van der Waals surface area (Å²) in [6.45, 7) is 8.69. The molecule has 1 aliphatic heterocycles. The molecule has 0 aromatic rings. The van der Waals surface area contributed by atoms with E-state index in [4.69, 9.17) is 10.5 Å². The highest BCUT2D eigenvalue weighted by Gasteiger charge is 2.28. The van der Waals surface area contributed by atoms with Crippen LogP contribution in [0.15, 0.2) is 0 Å². The topological polar surface area (TPSA) is 58.8 Å². The van der Waals surface area contributed by atoms with Gasteiger partial charge in [0.05, 0.1) is 6.61 Å². The maximum Gasteiger partial charge on any atom is 0.226 e. The first-order valence-electron chi connectivity index (χ1n) is 6.32. The number of nitrogens with two attached hydrogens (primary N) is 1. The van der Waals surface area contributed by atoms with Gasteiger partial charge >= 0.3 is 0 Å². The van der Waals surface area contributed by atoms with Gasteiger partial charge < -0.3 is 15.4 Å². The van der Waals surface area contributed by atoms with Crippen molar-refractivity contribution in [2.45, 2.75) is 19.9 Å². The van der Waals surface area contributed by atoms with Crippen LogP contribution in [0.25, 0.3) is 0 Å². The fourth-order valence-electron chi connectivity index (χ4n) is 2.15. The number of halogens is 2.